The second-order valence-electron chi connectivity index (χ2n) is 8.11. The lowest BCUT2D eigenvalue weighted by molar-refractivity contribution is -0.137. The van der Waals surface area contributed by atoms with Gasteiger partial charge in [0.1, 0.15) is 6.61 Å². The number of halogens is 4. The van der Waals surface area contributed by atoms with E-state index in [1.807, 2.05) is 48.5 Å². The highest BCUT2D eigenvalue weighted by Gasteiger charge is 2.35. The molecule has 0 amide bonds. The highest BCUT2D eigenvalue weighted by Crippen LogP contribution is 2.40. The minimum atomic E-state index is -4.53. The molecule has 1 saturated heterocycles. The maximum Gasteiger partial charge on any atom is 0.417 e. The van der Waals surface area contributed by atoms with E-state index < -0.39 is 17.8 Å². The molecule has 3 aromatic rings. The second-order valence-corrected chi connectivity index (χ2v) is 8.52. The number of hydrogen-bond acceptors (Lipinski definition) is 4. The van der Waals surface area contributed by atoms with E-state index in [-0.39, 0.29) is 5.02 Å². The van der Waals surface area contributed by atoms with Crippen molar-refractivity contribution in [3.63, 3.8) is 0 Å². The molecule has 8 heteroatoms. The van der Waals surface area contributed by atoms with Crippen LogP contribution >= 0.6 is 11.6 Å². The molecule has 180 valence electrons. The summed E-state index contributed by atoms with van der Waals surface area (Å²) in [6, 6.07) is 19.1. The topological polar surface area (TPSA) is 33.7 Å². The summed E-state index contributed by atoms with van der Waals surface area (Å²) in [5, 5.41) is 2.99. The summed E-state index contributed by atoms with van der Waals surface area (Å²) < 4.78 is 52.3. The predicted octanol–water partition coefficient (Wildman–Crippen LogP) is 5.94. The fourth-order valence-corrected chi connectivity index (χ4v) is 4.42. The van der Waals surface area contributed by atoms with Gasteiger partial charge in [-0.2, -0.15) is 13.2 Å². The van der Waals surface area contributed by atoms with Gasteiger partial charge >= 0.3 is 6.18 Å². The zero-order valence-electron chi connectivity index (χ0n) is 18.7. The number of benzene rings is 3. The van der Waals surface area contributed by atoms with E-state index in [1.54, 1.807) is 13.2 Å². The van der Waals surface area contributed by atoms with Gasteiger partial charge in [-0.05, 0) is 41.0 Å². The molecule has 1 heterocycles. The van der Waals surface area contributed by atoms with Crippen molar-refractivity contribution in [2.24, 2.45) is 0 Å². The Kier molecular flexibility index (Phi) is 7.66. The van der Waals surface area contributed by atoms with E-state index >= 15 is 0 Å². The van der Waals surface area contributed by atoms with Crippen LogP contribution in [0.3, 0.4) is 0 Å². The molecule has 1 unspecified atom stereocenters. The highest BCUT2D eigenvalue weighted by molar-refractivity contribution is 6.31. The normalized spacial score (nSPS) is 15.7. The first-order chi connectivity index (χ1) is 16.4. The molecule has 3 aromatic carbocycles. The van der Waals surface area contributed by atoms with Crippen molar-refractivity contribution in [3.05, 3.63) is 94.0 Å². The smallest absolute Gasteiger partial charge is 0.417 e. The first kappa shape index (κ1) is 24.4. The number of ether oxygens (including phenoxy) is 2. The number of rotatable bonds is 7. The predicted molar refractivity (Wildman–Crippen MR) is 127 cm³/mol. The van der Waals surface area contributed by atoms with Crippen LogP contribution in [0.4, 0.5) is 13.2 Å². The average molecular weight is 491 g/mol. The molecular formula is C26H26ClF3N2O2. The van der Waals surface area contributed by atoms with Gasteiger partial charge in [0.05, 0.1) is 23.7 Å². The van der Waals surface area contributed by atoms with Crippen molar-refractivity contribution in [1.82, 2.24) is 10.2 Å². The lowest BCUT2D eigenvalue weighted by Crippen LogP contribution is -2.45. The Hall–Kier alpha value is -2.74. The van der Waals surface area contributed by atoms with Gasteiger partial charge in [-0.15, -0.1) is 0 Å². The number of methoxy groups -OCH3 is 1. The molecule has 1 aliphatic rings. The maximum atomic E-state index is 13.6. The largest absolute Gasteiger partial charge is 0.493 e. The SMILES string of the molecule is COc1cc(C(c2ccc(Cl)c(C(F)(F)F)c2)N2CCNCC2)ccc1OCc1ccccc1. The van der Waals surface area contributed by atoms with Crippen molar-refractivity contribution in [3.8, 4) is 11.5 Å². The van der Waals surface area contributed by atoms with Crippen LogP contribution < -0.4 is 14.8 Å². The quantitative estimate of drug-likeness (QED) is 0.444. The van der Waals surface area contributed by atoms with Gasteiger partial charge in [0.25, 0.3) is 0 Å². The van der Waals surface area contributed by atoms with E-state index in [9.17, 15) is 13.2 Å². The third-order valence-electron chi connectivity index (χ3n) is 5.87. The molecule has 4 rings (SSSR count). The summed E-state index contributed by atoms with van der Waals surface area (Å²) in [5.41, 5.74) is 1.54. The van der Waals surface area contributed by atoms with Crippen LogP contribution in [0.1, 0.15) is 28.3 Å². The Morgan fingerprint density at radius 2 is 1.62 bits per heavy atom. The summed E-state index contributed by atoms with van der Waals surface area (Å²) in [5.74, 6) is 1.10. The van der Waals surface area contributed by atoms with Crippen molar-refractivity contribution in [2.45, 2.75) is 18.8 Å². The number of nitrogens with zero attached hydrogens (tertiary/aromatic N) is 1. The Morgan fingerprint density at radius 1 is 0.941 bits per heavy atom. The minimum absolute atomic E-state index is 0.308. The molecule has 0 radical (unpaired) electrons. The van der Waals surface area contributed by atoms with E-state index in [4.69, 9.17) is 21.1 Å². The Morgan fingerprint density at radius 3 is 2.29 bits per heavy atom. The summed E-state index contributed by atoms with van der Waals surface area (Å²) in [4.78, 5) is 2.17. The standard InChI is InChI=1S/C26H26ClF3N2O2/c1-33-24-16-20(8-10-23(24)34-17-18-5-3-2-4-6-18)25(32-13-11-31-12-14-32)19-7-9-22(27)21(15-19)26(28,29)30/h2-10,15-16,25,31H,11-14,17H2,1H3. The fourth-order valence-electron chi connectivity index (χ4n) is 4.19. The molecule has 0 saturated carbocycles. The fraction of sp³-hybridized carbons (Fsp3) is 0.308. The van der Waals surface area contributed by atoms with Gasteiger partial charge in [0, 0.05) is 26.2 Å². The van der Waals surface area contributed by atoms with Crippen LogP contribution in [-0.2, 0) is 12.8 Å². The molecule has 34 heavy (non-hydrogen) atoms. The number of alkyl halides is 3. The molecule has 4 nitrogen and oxygen atoms in total. The first-order valence-electron chi connectivity index (χ1n) is 11.0. The lowest BCUT2D eigenvalue weighted by atomic mass is 9.94. The van der Waals surface area contributed by atoms with Crippen molar-refractivity contribution in [2.75, 3.05) is 33.3 Å². The molecule has 0 spiro atoms. The van der Waals surface area contributed by atoms with Crippen LogP contribution in [0.15, 0.2) is 66.7 Å². The zero-order chi connectivity index (χ0) is 24.1. The molecule has 0 bridgehead atoms. The summed E-state index contributed by atoms with van der Waals surface area (Å²) in [6.07, 6.45) is -4.53. The zero-order valence-corrected chi connectivity index (χ0v) is 19.5. The Balaban J connectivity index is 1.69. The van der Waals surface area contributed by atoms with Gasteiger partial charge in [-0.25, -0.2) is 0 Å². The van der Waals surface area contributed by atoms with Crippen LogP contribution in [0, 0.1) is 0 Å². The van der Waals surface area contributed by atoms with E-state index in [0.717, 1.165) is 30.3 Å². The van der Waals surface area contributed by atoms with Gasteiger partial charge in [0.2, 0.25) is 0 Å². The molecule has 0 aromatic heterocycles. The summed E-state index contributed by atoms with van der Waals surface area (Å²) >= 11 is 5.89. The average Bonchev–Trinajstić information content (AvgIpc) is 2.85. The maximum absolute atomic E-state index is 13.6. The molecular weight excluding hydrogens is 465 g/mol. The van der Waals surface area contributed by atoms with Gasteiger partial charge in [-0.3, -0.25) is 4.90 Å². The molecule has 1 N–H and O–H groups in total. The minimum Gasteiger partial charge on any atom is -0.493 e. The van der Waals surface area contributed by atoms with Gasteiger partial charge in [0.15, 0.2) is 11.5 Å². The Bertz CT molecular complexity index is 1100. The van der Waals surface area contributed by atoms with Crippen LogP contribution in [0.2, 0.25) is 5.02 Å². The van der Waals surface area contributed by atoms with Crippen LogP contribution in [-0.4, -0.2) is 38.2 Å². The second kappa shape index (κ2) is 10.7. The summed E-state index contributed by atoms with van der Waals surface area (Å²) in [7, 11) is 1.55. The summed E-state index contributed by atoms with van der Waals surface area (Å²) in [6.45, 7) is 3.29. The van der Waals surface area contributed by atoms with E-state index in [0.29, 0.717) is 36.8 Å². The number of piperazine rings is 1. The van der Waals surface area contributed by atoms with E-state index in [2.05, 4.69) is 10.2 Å². The lowest BCUT2D eigenvalue weighted by Gasteiger charge is -2.36. The van der Waals surface area contributed by atoms with Crippen molar-refractivity contribution in [1.29, 1.82) is 0 Å². The van der Waals surface area contributed by atoms with Crippen LogP contribution in [0.5, 0.6) is 11.5 Å². The Labute approximate surface area is 202 Å². The van der Waals surface area contributed by atoms with Crippen LogP contribution in [0.25, 0.3) is 0 Å². The molecule has 1 fully saturated rings. The number of nitrogens with one attached hydrogen (secondary N) is 1. The van der Waals surface area contributed by atoms with Crippen molar-refractivity contribution >= 4 is 11.6 Å². The third kappa shape index (κ3) is 5.66. The molecule has 1 atom stereocenters. The monoisotopic (exact) mass is 490 g/mol. The van der Waals surface area contributed by atoms with Gasteiger partial charge < -0.3 is 14.8 Å². The molecule has 1 aliphatic heterocycles. The van der Waals surface area contributed by atoms with Crippen molar-refractivity contribution < 1.29 is 22.6 Å². The van der Waals surface area contributed by atoms with Gasteiger partial charge in [-0.1, -0.05) is 54.1 Å². The highest BCUT2D eigenvalue weighted by atomic mass is 35.5. The number of hydrogen-bond donors (Lipinski definition) is 1. The third-order valence-corrected chi connectivity index (χ3v) is 6.20. The van der Waals surface area contributed by atoms with E-state index in [1.165, 1.54) is 6.07 Å². The first-order valence-corrected chi connectivity index (χ1v) is 11.4. The molecule has 0 aliphatic carbocycles.